The van der Waals surface area contributed by atoms with Gasteiger partial charge in [-0.3, -0.25) is 9.78 Å². The summed E-state index contributed by atoms with van der Waals surface area (Å²) >= 11 is 1.03. The number of carbonyl (C=O) groups excluding carboxylic acids is 1. The molecule has 3 rings (SSSR count). The van der Waals surface area contributed by atoms with Crippen LogP contribution in [-0.4, -0.2) is 19.5 Å². The minimum atomic E-state index is -0.107. The molecule has 0 unspecified atom stereocenters. The maximum absolute atomic E-state index is 12.0. The SMILES string of the molecule is O=C(c1ccc2ncccc2c1)c1cnsn1. The number of hydrogen-bond acceptors (Lipinski definition) is 5. The Morgan fingerprint density at radius 2 is 2.18 bits per heavy atom. The van der Waals surface area contributed by atoms with Gasteiger partial charge in [-0.05, 0) is 24.3 Å². The first-order chi connectivity index (χ1) is 8.34. The summed E-state index contributed by atoms with van der Waals surface area (Å²) in [6.07, 6.45) is 3.22. The quantitative estimate of drug-likeness (QED) is 0.646. The van der Waals surface area contributed by atoms with Gasteiger partial charge in [-0.25, -0.2) is 0 Å². The van der Waals surface area contributed by atoms with E-state index in [-0.39, 0.29) is 5.78 Å². The lowest BCUT2D eigenvalue weighted by Crippen LogP contribution is -2.01. The number of rotatable bonds is 2. The van der Waals surface area contributed by atoms with Crippen molar-refractivity contribution in [2.75, 3.05) is 0 Å². The Labute approximate surface area is 101 Å². The zero-order valence-electron chi connectivity index (χ0n) is 8.70. The molecule has 0 spiro atoms. The van der Waals surface area contributed by atoms with Crippen LogP contribution in [0.15, 0.2) is 42.7 Å². The molecule has 0 saturated heterocycles. The van der Waals surface area contributed by atoms with Crippen LogP contribution in [0.2, 0.25) is 0 Å². The second-order valence-electron chi connectivity index (χ2n) is 3.53. The summed E-state index contributed by atoms with van der Waals surface area (Å²) in [5.74, 6) is -0.107. The smallest absolute Gasteiger partial charge is 0.214 e. The Hall–Kier alpha value is -2.14. The van der Waals surface area contributed by atoms with E-state index >= 15 is 0 Å². The van der Waals surface area contributed by atoms with Gasteiger partial charge in [0.25, 0.3) is 0 Å². The lowest BCUT2D eigenvalue weighted by Gasteiger charge is -2.00. The second kappa shape index (κ2) is 4.03. The number of benzene rings is 1. The predicted molar refractivity (Wildman–Crippen MR) is 65.1 cm³/mol. The van der Waals surface area contributed by atoms with E-state index in [2.05, 4.69) is 13.7 Å². The van der Waals surface area contributed by atoms with Crippen LogP contribution in [0.1, 0.15) is 16.1 Å². The molecule has 0 aliphatic rings. The minimum Gasteiger partial charge on any atom is -0.287 e. The molecular formula is C12H7N3OS. The van der Waals surface area contributed by atoms with Gasteiger partial charge in [0.1, 0.15) is 5.69 Å². The number of pyridine rings is 1. The number of nitrogens with zero attached hydrogens (tertiary/aromatic N) is 3. The highest BCUT2D eigenvalue weighted by molar-refractivity contribution is 6.99. The third-order valence-corrected chi connectivity index (χ3v) is 2.94. The van der Waals surface area contributed by atoms with Crippen molar-refractivity contribution in [2.45, 2.75) is 0 Å². The minimum absolute atomic E-state index is 0.107. The Kier molecular flexibility index (Phi) is 2.38. The second-order valence-corrected chi connectivity index (χ2v) is 4.09. The summed E-state index contributed by atoms with van der Waals surface area (Å²) in [5, 5.41) is 0.946. The Morgan fingerprint density at radius 3 is 3.00 bits per heavy atom. The van der Waals surface area contributed by atoms with Crippen molar-refractivity contribution in [1.82, 2.24) is 13.7 Å². The Bertz CT molecular complexity index is 679. The highest BCUT2D eigenvalue weighted by Crippen LogP contribution is 2.15. The van der Waals surface area contributed by atoms with Gasteiger partial charge in [0, 0.05) is 17.1 Å². The standard InChI is InChI=1S/C12H7N3OS/c16-12(11-7-14-17-15-11)9-3-4-10-8(6-9)2-1-5-13-10/h1-7H. The summed E-state index contributed by atoms with van der Waals surface area (Å²) in [5.41, 5.74) is 1.87. The molecule has 3 aromatic rings. The predicted octanol–water partition coefficient (Wildman–Crippen LogP) is 2.32. The average molecular weight is 241 g/mol. The van der Waals surface area contributed by atoms with Gasteiger partial charge in [-0.1, -0.05) is 6.07 Å². The highest BCUT2D eigenvalue weighted by Gasteiger charge is 2.12. The van der Waals surface area contributed by atoms with E-state index in [0.29, 0.717) is 11.3 Å². The molecule has 0 aliphatic heterocycles. The number of aromatic nitrogens is 3. The molecule has 4 nitrogen and oxygen atoms in total. The van der Waals surface area contributed by atoms with Crippen molar-refractivity contribution >= 4 is 28.4 Å². The third kappa shape index (κ3) is 1.81. The fourth-order valence-electron chi connectivity index (χ4n) is 1.63. The molecule has 1 aromatic carbocycles. The van der Waals surface area contributed by atoms with E-state index in [1.54, 1.807) is 12.3 Å². The molecule has 82 valence electrons. The van der Waals surface area contributed by atoms with Crippen LogP contribution in [-0.2, 0) is 0 Å². The normalized spacial score (nSPS) is 10.6. The van der Waals surface area contributed by atoms with E-state index in [4.69, 9.17) is 0 Å². The van der Waals surface area contributed by atoms with Gasteiger partial charge < -0.3 is 0 Å². The van der Waals surface area contributed by atoms with Crippen molar-refractivity contribution in [1.29, 1.82) is 0 Å². The van der Waals surface area contributed by atoms with Gasteiger partial charge in [-0.2, -0.15) is 8.75 Å². The number of fused-ring (bicyclic) bond motifs is 1. The van der Waals surface area contributed by atoms with Crippen LogP contribution >= 0.6 is 11.7 Å². The Morgan fingerprint density at radius 1 is 1.24 bits per heavy atom. The van der Waals surface area contributed by atoms with Crippen molar-refractivity contribution in [2.24, 2.45) is 0 Å². The van der Waals surface area contributed by atoms with Crippen LogP contribution in [0.3, 0.4) is 0 Å². The first kappa shape index (κ1) is 10.0. The molecular weight excluding hydrogens is 234 g/mol. The summed E-state index contributed by atoms with van der Waals surface area (Å²) in [6.45, 7) is 0. The molecule has 0 saturated carbocycles. The van der Waals surface area contributed by atoms with Crippen molar-refractivity contribution in [3.63, 3.8) is 0 Å². The number of hydrogen-bond donors (Lipinski definition) is 0. The third-order valence-electron chi connectivity index (χ3n) is 2.46. The fourth-order valence-corrected chi connectivity index (χ4v) is 2.04. The van der Waals surface area contributed by atoms with Crippen LogP contribution in [0.4, 0.5) is 0 Å². The molecule has 2 aromatic heterocycles. The van der Waals surface area contributed by atoms with Crippen LogP contribution in [0.5, 0.6) is 0 Å². The van der Waals surface area contributed by atoms with Crippen LogP contribution in [0, 0.1) is 0 Å². The zero-order chi connectivity index (χ0) is 11.7. The summed E-state index contributed by atoms with van der Waals surface area (Å²) in [6, 6.07) is 9.20. The van der Waals surface area contributed by atoms with Crippen LogP contribution in [0.25, 0.3) is 10.9 Å². The van der Waals surface area contributed by atoms with Crippen molar-refractivity contribution in [3.8, 4) is 0 Å². The van der Waals surface area contributed by atoms with E-state index in [9.17, 15) is 4.79 Å². The summed E-state index contributed by atoms with van der Waals surface area (Å²) in [7, 11) is 0. The first-order valence-electron chi connectivity index (χ1n) is 5.01. The highest BCUT2D eigenvalue weighted by atomic mass is 32.1. The largest absolute Gasteiger partial charge is 0.287 e. The number of carbonyl (C=O) groups is 1. The zero-order valence-corrected chi connectivity index (χ0v) is 9.52. The van der Waals surface area contributed by atoms with E-state index in [1.165, 1.54) is 6.20 Å². The maximum Gasteiger partial charge on any atom is 0.214 e. The lowest BCUT2D eigenvalue weighted by atomic mass is 10.1. The molecule has 0 amide bonds. The monoisotopic (exact) mass is 241 g/mol. The first-order valence-corrected chi connectivity index (χ1v) is 5.75. The Balaban J connectivity index is 2.09. The summed E-state index contributed by atoms with van der Waals surface area (Å²) in [4.78, 5) is 16.2. The van der Waals surface area contributed by atoms with Gasteiger partial charge in [0.2, 0.25) is 5.78 Å². The molecule has 5 heteroatoms. The van der Waals surface area contributed by atoms with Gasteiger partial charge in [-0.15, -0.1) is 0 Å². The summed E-state index contributed by atoms with van der Waals surface area (Å²) < 4.78 is 7.77. The molecule has 0 aliphatic carbocycles. The van der Waals surface area contributed by atoms with E-state index in [1.807, 2.05) is 24.3 Å². The molecule has 0 fully saturated rings. The molecule has 17 heavy (non-hydrogen) atoms. The van der Waals surface area contributed by atoms with Crippen LogP contribution < -0.4 is 0 Å². The average Bonchev–Trinajstić information content (AvgIpc) is 2.91. The number of ketones is 1. The lowest BCUT2D eigenvalue weighted by molar-refractivity contribution is 0.103. The van der Waals surface area contributed by atoms with E-state index < -0.39 is 0 Å². The van der Waals surface area contributed by atoms with Crippen molar-refractivity contribution in [3.05, 3.63) is 54.0 Å². The van der Waals surface area contributed by atoms with E-state index in [0.717, 1.165) is 22.6 Å². The van der Waals surface area contributed by atoms with Gasteiger partial charge in [0.05, 0.1) is 23.4 Å². The topological polar surface area (TPSA) is 55.7 Å². The molecule has 0 radical (unpaired) electrons. The van der Waals surface area contributed by atoms with Gasteiger partial charge in [0.15, 0.2) is 0 Å². The molecule has 2 heterocycles. The molecule has 0 N–H and O–H groups in total. The molecule has 0 atom stereocenters. The van der Waals surface area contributed by atoms with Crippen molar-refractivity contribution < 1.29 is 4.79 Å². The van der Waals surface area contributed by atoms with Gasteiger partial charge >= 0.3 is 0 Å². The fraction of sp³-hybridized carbons (Fsp3) is 0. The maximum atomic E-state index is 12.0. The molecule has 0 bridgehead atoms.